The number of carbonyl (C=O) groups is 1. The normalized spacial score (nSPS) is 13.7. The molecule has 0 unspecified atom stereocenters. The lowest BCUT2D eigenvalue weighted by Crippen LogP contribution is -2.36. The first kappa shape index (κ1) is 25.0. The highest BCUT2D eigenvalue weighted by Gasteiger charge is 2.32. The number of aromatic nitrogens is 1. The number of fused-ring (bicyclic) bond motifs is 1. The van der Waals surface area contributed by atoms with Gasteiger partial charge in [0.25, 0.3) is 0 Å². The smallest absolute Gasteiger partial charge is 0.417 e. The van der Waals surface area contributed by atoms with Crippen molar-refractivity contribution in [2.45, 2.75) is 51.7 Å². The van der Waals surface area contributed by atoms with Crippen LogP contribution in [0.4, 0.5) is 19.0 Å². The van der Waals surface area contributed by atoms with Crippen LogP contribution in [-0.2, 0) is 36.8 Å². The molecule has 2 aromatic rings. The minimum atomic E-state index is -4.49. The van der Waals surface area contributed by atoms with Crippen LogP contribution in [0.2, 0.25) is 5.02 Å². The molecule has 2 heterocycles. The van der Waals surface area contributed by atoms with Crippen LogP contribution < -0.4 is 4.90 Å². The fourth-order valence-corrected chi connectivity index (χ4v) is 4.52. The summed E-state index contributed by atoms with van der Waals surface area (Å²) >= 11 is 6.25. The van der Waals surface area contributed by atoms with Crippen LogP contribution in [0.25, 0.3) is 0 Å². The Kier molecular flexibility index (Phi) is 7.31. The average molecular weight is 486 g/mol. The number of phenols is 2. The second-order valence-corrected chi connectivity index (χ2v) is 8.70. The summed E-state index contributed by atoms with van der Waals surface area (Å²) in [7, 11) is 3.41. The quantitative estimate of drug-likeness (QED) is 0.580. The average Bonchev–Trinajstić information content (AvgIpc) is 2.77. The number of anilines is 1. The number of carbonyl (C=O) groups excluding carboxylic acids is 1. The number of nitrogens with zero attached hydrogens (tertiary/aromatic N) is 3. The number of amides is 1. The van der Waals surface area contributed by atoms with Crippen LogP contribution in [0.15, 0.2) is 12.3 Å². The topological polar surface area (TPSA) is 76.9 Å². The summed E-state index contributed by atoms with van der Waals surface area (Å²) in [6.45, 7) is 2.51. The lowest BCUT2D eigenvalue weighted by molar-refractivity contribution is -0.138. The lowest BCUT2D eigenvalue weighted by atomic mass is 9.91. The number of halogens is 4. The second-order valence-electron chi connectivity index (χ2n) is 8.32. The van der Waals surface area contributed by atoms with Crippen molar-refractivity contribution in [2.75, 3.05) is 25.5 Å². The van der Waals surface area contributed by atoms with E-state index in [1.807, 2.05) is 6.92 Å². The third-order valence-electron chi connectivity index (χ3n) is 5.93. The highest BCUT2D eigenvalue weighted by Crippen LogP contribution is 2.44. The number of alkyl halides is 3. The molecular weight excluding hydrogens is 459 g/mol. The number of benzene rings is 1. The Labute approximate surface area is 195 Å². The molecule has 10 heteroatoms. The van der Waals surface area contributed by atoms with E-state index in [1.165, 1.54) is 0 Å². The maximum atomic E-state index is 13.1. The summed E-state index contributed by atoms with van der Waals surface area (Å²) in [5.41, 5.74) is 1.73. The first-order chi connectivity index (χ1) is 15.5. The monoisotopic (exact) mass is 485 g/mol. The van der Waals surface area contributed by atoms with E-state index in [1.54, 1.807) is 23.9 Å². The maximum Gasteiger partial charge on any atom is 0.417 e. The van der Waals surface area contributed by atoms with E-state index in [0.717, 1.165) is 17.8 Å². The Bertz CT molecular complexity index is 1060. The van der Waals surface area contributed by atoms with Gasteiger partial charge in [0.05, 0.1) is 10.6 Å². The molecule has 1 aromatic heterocycles. The van der Waals surface area contributed by atoms with E-state index < -0.39 is 11.7 Å². The van der Waals surface area contributed by atoms with E-state index >= 15 is 0 Å². The highest BCUT2D eigenvalue weighted by molar-refractivity contribution is 6.33. The van der Waals surface area contributed by atoms with Gasteiger partial charge < -0.3 is 20.0 Å². The number of pyridine rings is 1. The molecule has 0 bridgehead atoms. The summed E-state index contributed by atoms with van der Waals surface area (Å²) in [5.74, 6) is -0.299. The van der Waals surface area contributed by atoms with Gasteiger partial charge in [-0.1, -0.05) is 18.5 Å². The Morgan fingerprint density at radius 3 is 2.55 bits per heavy atom. The molecule has 0 spiro atoms. The van der Waals surface area contributed by atoms with Gasteiger partial charge in [-0.15, -0.1) is 0 Å². The zero-order valence-electron chi connectivity index (χ0n) is 18.8. The second kappa shape index (κ2) is 9.67. The van der Waals surface area contributed by atoms with Crippen LogP contribution in [0.3, 0.4) is 0 Å². The van der Waals surface area contributed by atoms with Crippen molar-refractivity contribution >= 4 is 23.3 Å². The van der Waals surface area contributed by atoms with Crippen molar-refractivity contribution < 1.29 is 28.2 Å². The molecule has 6 nitrogen and oxygen atoms in total. The summed E-state index contributed by atoms with van der Waals surface area (Å²) in [4.78, 5) is 20.0. The number of phenolic OH excluding ortho intramolecular Hbond substituents is 2. The van der Waals surface area contributed by atoms with Gasteiger partial charge in [-0.3, -0.25) is 4.79 Å². The van der Waals surface area contributed by atoms with Crippen LogP contribution in [0.1, 0.15) is 47.6 Å². The standard InChI is InChI=1S/C23H27ClF3N3O3/c1-4-15-16-8-9-30(12-17(16)19(24)21(33)20(15)32)18(31)7-5-6-13-10-14(23(25,26)27)11-28-22(13)29(2)3/h10-11,32-33H,4-9,12H2,1-3H3. The Hall–Kier alpha value is -2.68. The summed E-state index contributed by atoms with van der Waals surface area (Å²) in [6, 6.07) is 1.09. The van der Waals surface area contributed by atoms with Gasteiger partial charge in [0.2, 0.25) is 5.91 Å². The largest absolute Gasteiger partial charge is 0.504 e. The molecule has 2 N–H and O–H groups in total. The summed E-state index contributed by atoms with van der Waals surface area (Å²) in [5, 5.41) is 20.4. The van der Waals surface area contributed by atoms with Gasteiger partial charge in [-0.25, -0.2) is 4.98 Å². The number of aryl methyl sites for hydroxylation is 1. The van der Waals surface area contributed by atoms with Gasteiger partial charge >= 0.3 is 6.18 Å². The number of hydrogen-bond acceptors (Lipinski definition) is 5. The zero-order valence-corrected chi connectivity index (χ0v) is 19.5. The molecule has 0 radical (unpaired) electrons. The SMILES string of the molecule is CCc1c(O)c(O)c(Cl)c2c1CCN(C(=O)CCCc1cc(C(F)(F)F)cnc1N(C)C)C2. The van der Waals surface area contributed by atoms with E-state index in [2.05, 4.69) is 4.98 Å². The predicted octanol–water partition coefficient (Wildman–Crippen LogP) is 4.70. The molecular formula is C23H27ClF3N3O3. The van der Waals surface area contributed by atoms with Crippen molar-refractivity contribution in [1.82, 2.24) is 9.88 Å². The zero-order chi connectivity index (χ0) is 24.5. The summed E-state index contributed by atoms with van der Waals surface area (Å²) < 4.78 is 39.3. The van der Waals surface area contributed by atoms with E-state index in [-0.39, 0.29) is 41.8 Å². The van der Waals surface area contributed by atoms with Gasteiger partial charge in [0, 0.05) is 45.4 Å². The molecule has 1 aliphatic heterocycles. The summed E-state index contributed by atoms with van der Waals surface area (Å²) in [6.07, 6.45) is -1.86. The molecule has 33 heavy (non-hydrogen) atoms. The van der Waals surface area contributed by atoms with E-state index in [4.69, 9.17) is 11.6 Å². The molecule has 0 aliphatic carbocycles. The molecule has 0 fully saturated rings. The molecule has 1 aliphatic rings. The fourth-order valence-electron chi connectivity index (χ4n) is 4.26. The minimum Gasteiger partial charge on any atom is -0.504 e. The van der Waals surface area contributed by atoms with Crippen LogP contribution in [0, 0.1) is 0 Å². The molecule has 3 rings (SSSR count). The Morgan fingerprint density at radius 2 is 1.94 bits per heavy atom. The van der Waals surface area contributed by atoms with Crippen LogP contribution >= 0.6 is 11.6 Å². The fraction of sp³-hybridized carbons (Fsp3) is 0.478. The predicted molar refractivity (Wildman–Crippen MR) is 120 cm³/mol. The molecule has 180 valence electrons. The van der Waals surface area contributed by atoms with Crippen LogP contribution in [-0.4, -0.2) is 46.6 Å². The molecule has 1 amide bonds. The lowest BCUT2D eigenvalue weighted by Gasteiger charge is -2.31. The Balaban J connectivity index is 1.71. The van der Waals surface area contributed by atoms with Crippen molar-refractivity contribution in [3.05, 3.63) is 45.1 Å². The molecule has 0 saturated carbocycles. The van der Waals surface area contributed by atoms with Crippen molar-refractivity contribution in [1.29, 1.82) is 0 Å². The number of aromatic hydroxyl groups is 2. The van der Waals surface area contributed by atoms with Crippen molar-refractivity contribution in [2.24, 2.45) is 0 Å². The molecule has 1 aromatic carbocycles. The van der Waals surface area contributed by atoms with Gasteiger partial charge in [-0.05, 0) is 48.4 Å². The first-order valence-electron chi connectivity index (χ1n) is 10.7. The third-order valence-corrected chi connectivity index (χ3v) is 6.34. The third kappa shape index (κ3) is 5.13. The van der Waals surface area contributed by atoms with Crippen molar-refractivity contribution in [3.8, 4) is 11.5 Å². The maximum absolute atomic E-state index is 13.1. The molecule has 0 atom stereocenters. The highest BCUT2D eigenvalue weighted by atomic mass is 35.5. The Morgan fingerprint density at radius 1 is 1.24 bits per heavy atom. The van der Waals surface area contributed by atoms with Crippen molar-refractivity contribution in [3.63, 3.8) is 0 Å². The van der Waals surface area contributed by atoms with E-state index in [0.29, 0.717) is 48.3 Å². The first-order valence-corrected chi connectivity index (χ1v) is 11.1. The minimum absolute atomic E-state index is 0.0443. The van der Waals surface area contributed by atoms with Gasteiger partial charge in [0.1, 0.15) is 5.82 Å². The van der Waals surface area contributed by atoms with E-state index in [9.17, 15) is 28.2 Å². The van der Waals surface area contributed by atoms with Gasteiger partial charge in [0.15, 0.2) is 11.5 Å². The number of rotatable bonds is 6. The number of hydrogen-bond donors (Lipinski definition) is 2. The van der Waals surface area contributed by atoms with Gasteiger partial charge in [-0.2, -0.15) is 13.2 Å². The molecule has 0 saturated heterocycles. The van der Waals surface area contributed by atoms with Crippen LogP contribution in [0.5, 0.6) is 11.5 Å².